The van der Waals surface area contributed by atoms with E-state index in [1.807, 2.05) is 0 Å². The van der Waals surface area contributed by atoms with Gasteiger partial charge in [0.15, 0.2) is 0 Å². The molecule has 0 unspecified atom stereocenters. The van der Waals surface area contributed by atoms with E-state index in [-0.39, 0.29) is 28.5 Å². The maximum absolute atomic E-state index is 13.9. The Morgan fingerprint density at radius 2 is 1.90 bits per heavy atom. The molecule has 6 nitrogen and oxygen atoms in total. The minimum absolute atomic E-state index is 0.137. The maximum atomic E-state index is 13.9. The average Bonchev–Trinajstić information content (AvgIpc) is 3.12. The molecule has 1 saturated carbocycles. The summed E-state index contributed by atoms with van der Waals surface area (Å²) in [6.45, 7) is 1.02. The van der Waals surface area contributed by atoms with Crippen LogP contribution in [0.4, 0.5) is 8.78 Å². The van der Waals surface area contributed by atoms with Crippen molar-refractivity contribution in [3.05, 3.63) is 68.6 Å². The lowest BCUT2D eigenvalue weighted by Gasteiger charge is -2.45. The van der Waals surface area contributed by atoms with Crippen molar-refractivity contribution in [1.29, 1.82) is 0 Å². The molecule has 0 atom stereocenters. The molecule has 1 aromatic carbocycles. The summed E-state index contributed by atoms with van der Waals surface area (Å²) < 4.78 is 28.9. The SMILES string of the molecule is Cn1cccc(C(=O)N2CCC3(CC(NC(=O)c4c(F)ccc(F)c4Cl)C3)C2)c1=O. The second-order valence-electron chi connectivity index (χ2n) is 8.11. The smallest absolute Gasteiger partial charge is 0.263 e. The topological polar surface area (TPSA) is 71.4 Å². The molecule has 1 saturated heterocycles. The summed E-state index contributed by atoms with van der Waals surface area (Å²) in [7, 11) is 1.59. The molecule has 2 heterocycles. The molecule has 0 radical (unpaired) electrons. The number of carbonyl (C=O) groups is 2. The second-order valence-corrected chi connectivity index (χ2v) is 8.49. The first-order valence-electron chi connectivity index (χ1n) is 9.60. The van der Waals surface area contributed by atoms with E-state index in [1.54, 1.807) is 24.2 Å². The molecule has 2 aromatic rings. The average molecular weight is 436 g/mol. The van der Waals surface area contributed by atoms with Gasteiger partial charge in [0.05, 0.1) is 10.6 Å². The highest BCUT2D eigenvalue weighted by molar-refractivity contribution is 6.34. The Hall–Kier alpha value is -2.74. The summed E-state index contributed by atoms with van der Waals surface area (Å²) in [5.74, 6) is -2.79. The third-order valence-electron chi connectivity index (χ3n) is 6.04. The standard InChI is InChI=1S/C21H20ClF2N3O3/c1-26-7-2-3-13(19(26)29)20(30)27-8-6-21(11-27)9-12(10-21)25-18(28)16-14(23)4-5-15(24)17(16)22/h2-5,7,12H,6,8-11H2,1H3,(H,25,28). The molecule has 2 aliphatic rings. The number of benzene rings is 1. The fourth-order valence-corrected chi connectivity index (χ4v) is 4.69. The van der Waals surface area contributed by atoms with Gasteiger partial charge in [-0.15, -0.1) is 0 Å². The number of halogens is 3. The largest absolute Gasteiger partial charge is 0.349 e. The molecule has 1 aliphatic heterocycles. The van der Waals surface area contributed by atoms with E-state index in [2.05, 4.69) is 5.32 Å². The summed E-state index contributed by atoms with van der Waals surface area (Å²) in [4.78, 5) is 39.0. The normalized spacial score (nSPS) is 22.8. The molecular weight excluding hydrogens is 416 g/mol. The molecule has 9 heteroatoms. The van der Waals surface area contributed by atoms with E-state index >= 15 is 0 Å². The molecule has 30 heavy (non-hydrogen) atoms. The van der Waals surface area contributed by atoms with Gasteiger partial charge in [-0.25, -0.2) is 8.78 Å². The number of aryl methyl sites for hydroxylation is 1. The van der Waals surface area contributed by atoms with Crippen LogP contribution in [0.1, 0.15) is 40.0 Å². The van der Waals surface area contributed by atoms with E-state index in [9.17, 15) is 23.2 Å². The van der Waals surface area contributed by atoms with Crippen LogP contribution < -0.4 is 10.9 Å². The maximum Gasteiger partial charge on any atom is 0.263 e. The highest BCUT2D eigenvalue weighted by Gasteiger charge is 2.50. The predicted molar refractivity (Wildman–Crippen MR) is 106 cm³/mol. The molecule has 4 rings (SSSR count). The highest BCUT2D eigenvalue weighted by Crippen LogP contribution is 2.48. The summed E-state index contributed by atoms with van der Waals surface area (Å²) in [6.07, 6.45) is 3.58. The lowest BCUT2D eigenvalue weighted by atomic mass is 9.65. The Morgan fingerprint density at radius 3 is 2.63 bits per heavy atom. The molecular formula is C21H20ClF2N3O3. The molecule has 1 N–H and O–H groups in total. The number of rotatable bonds is 3. The van der Waals surface area contributed by atoms with Gasteiger partial charge >= 0.3 is 0 Å². The Bertz CT molecular complexity index is 1100. The van der Waals surface area contributed by atoms with Crippen molar-refractivity contribution in [1.82, 2.24) is 14.8 Å². The van der Waals surface area contributed by atoms with Crippen LogP contribution in [0, 0.1) is 17.0 Å². The number of nitrogens with one attached hydrogen (secondary N) is 1. The van der Waals surface area contributed by atoms with Gasteiger partial charge in [0.1, 0.15) is 17.2 Å². The number of pyridine rings is 1. The van der Waals surface area contributed by atoms with Crippen LogP contribution in [0.2, 0.25) is 5.02 Å². The minimum atomic E-state index is -0.880. The van der Waals surface area contributed by atoms with Crippen LogP contribution >= 0.6 is 11.6 Å². The zero-order valence-corrected chi connectivity index (χ0v) is 17.0. The molecule has 2 fully saturated rings. The number of hydrogen-bond donors (Lipinski definition) is 1. The third-order valence-corrected chi connectivity index (χ3v) is 6.41. The Balaban J connectivity index is 1.38. The number of hydrogen-bond acceptors (Lipinski definition) is 3. The number of amides is 2. The lowest BCUT2D eigenvalue weighted by Crippen LogP contribution is -2.52. The van der Waals surface area contributed by atoms with Crippen LogP contribution in [0.15, 0.2) is 35.3 Å². The minimum Gasteiger partial charge on any atom is -0.349 e. The summed E-state index contributed by atoms with van der Waals surface area (Å²) in [6, 6.07) is 4.71. The monoisotopic (exact) mass is 435 g/mol. The molecule has 2 amide bonds. The number of carbonyl (C=O) groups excluding carboxylic acids is 2. The summed E-state index contributed by atoms with van der Waals surface area (Å²) >= 11 is 5.75. The van der Waals surface area contributed by atoms with Crippen molar-refractivity contribution < 1.29 is 18.4 Å². The third kappa shape index (κ3) is 3.49. The van der Waals surface area contributed by atoms with E-state index in [0.717, 1.165) is 18.6 Å². The van der Waals surface area contributed by atoms with Gasteiger partial charge < -0.3 is 14.8 Å². The van der Waals surface area contributed by atoms with Gasteiger partial charge in [0.2, 0.25) is 0 Å². The molecule has 1 aromatic heterocycles. The molecule has 1 spiro atoms. The van der Waals surface area contributed by atoms with Crippen molar-refractivity contribution >= 4 is 23.4 Å². The summed E-state index contributed by atoms with van der Waals surface area (Å²) in [5, 5.41) is 2.16. The van der Waals surface area contributed by atoms with Gasteiger partial charge in [-0.1, -0.05) is 11.6 Å². The zero-order valence-electron chi connectivity index (χ0n) is 16.3. The van der Waals surface area contributed by atoms with Crippen LogP contribution in [-0.2, 0) is 7.05 Å². The second kappa shape index (κ2) is 7.50. The van der Waals surface area contributed by atoms with Crippen LogP contribution in [0.5, 0.6) is 0 Å². The molecule has 0 bridgehead atoms. The number of nitrogens with zero attached hydrogens (tertiary/aromatic N) is 2. The first-order valence-corrected chi connectivity index (χ1v) is 9.98. The molecule has 158 valence electrons. The van der Waals surface area contributed by atoms with Crippen molar-refractivity contribution in [2.24, 2.45) is 12.5 Å². The van der Waals surface area contributed by atoms with Crippen LogP contribution in [-0.4, -0.2) is 40.4 Å². The van der Waals surface area contributed by atoms with Gasteiger partial charge in [-0.3, -0.25) is 14.4 Å². The van der Waals surface area contributed by atoms with E-state index in [1.165, 1.54) is 10.6 Å². The quantitative estimate of drug-likeness (QED) is 0.753. The van der Waals surface area contributed by atoms with Crippen LogP contribution in [0.25, 0.3) is 0 Å². The van der Waals surface area contributed by atoms with Crippen molar-refractivity contribution in [3.63, 3.8) is 0 Å². The van der Waals surface area contributed by atoms with Gasteiger partial charge in [-0.2, -0.15) is 0 Å². The zero-order chi connectivity index (χ0) is 21.6. The van der Waals surface area contributed by atoms with Gasteiger partial charge in [0.25, 0.3) is 17.4 Å². The summed E-state index contributed by atoms with van der Waals surface area (Å²) in [5.41, 5.74) is -0.841. The van der Waals surface area contributed by atoms with E-state index in [0.29, 0.717) is 25.9 Å². The Labute approximate surface area is 176 Å². The first-order chi connectivity index (χ1) is 14.2. The fourth-order valence-electron chi connectivity index (χ4n) is 4.45. The number of likely N-dealkylation sites (tertiary alicyclic amines) is 1. The predicted octanol–water partition coefficient (Wildman–Crippen LogP) is 2.74. The fraction of sp³-hybridized carbons (Fsp3) is 0.381. The molecule has 1 aliphatic carbocycles. The Kier molecular flexibility index (Phi) is 5.13. The van der Waals surface area contributed by atoms with E-state index < -0.39 is 28.1 Å². The van der Waals surface area contributed by atoms with Crippen molar-refractivity contribution in [3.8, 4) is 0 Å². The van der Waals surface area contributed by atoms with Gasteiger partial charge in [-0.05, 0) is 48.9 Å². The lowest BCUT2D eigenvalue weighted by molar-refractivity contribution is 0.0607. The number of aromatic nitrogens is 1. The van der Waals surface area contributed by atoms with Gasteiger partial charge in [0, 0.05) is 32.4 Å². The van der Waals surface area contributed by atoms with Crippen molar-refractivity contribution in [2.75, 3.05) is 13.1 Å². The van der Waals surface area contributed by atoms with Crippen LogP contribution in [0.3, 0.4) is 0 Å². The van der Waals surface area contributed by atoms with Crippen molar-refractivity contribution in [2.45, 2.75) is 25.3 Å². The van der Waals surface area contributed by atoms with E-state index in [4.69, 9.17) is 11.6 Å². The highest BCUT2D eigenvalue weighted by atomic mass is 35.5. The first kappa shape index (κ1) is 20.5. The Morgan fingerprint density at radius 1 is 1.20 bits per heavy atom.